The Bertz CT molecular complexity index is 1320. The molecule has 0 saturated heterocycles. The Kier molecular flexibility index (Phi) is 8.91. The van der Waals surface area contributed by atoms with Crippen LogP contribution in [0.5, 0.6) is 5.75 Å². The van der Waals surface area contributed by atoms with Gasteiger partial charge in [-0.15, -0.1) is 11.3 Å². The molecule has 1 amide bonds. The van der Waals surface area contributed by atoms with Crippen molar-refractivity contribution in [3.63, 3.8) is 0 Å². The highest BCUT2D eigenvalue weighted by atomic mass is 79.9. The Morgan fingerprint density at radius 3 is 2.65 bits per heavy atom. The second-order valence-electron chi connectivity index (χ2n) is 9.68. The van der Waals surface area contributed by atoms with Crippen molar-refractivity contribution in [3.8, 4) is 5.75 Å². The van der Waals surface area contributed by atoms with Crippen LogP contribution < -0.4 is 10.1 Å². The number of benzene rings is 2. The smallest absolute Gasteiger partial charge is 0.254 e. The van der Waals surface area contributed by atoms with Gasteiger partial charge in [0.2, 0.25) is 0 Å². The van der Waals surface area contributed by atoms with Crippen LogP contribution in [-0.2, 0) is 19.4 Å². The number of halogens is 3. The second kappa shape index (κ2) is 12.3. The maximum atomic E-state index is 13.4. The Morgan fingerprint density at radius 2 is 1.86 bits per heavy atom. The van der Waals surface area contributed by atoms with E-state index >= 15 is 0 Å². The minimum Gasteiger partial charge on any atom is -0.488 e. The van der Waals surface area contributed by atoms with Crippen molar-refractivity contribution in [1.29, 1.82) is 0 Å². The predicted octanol–water partition coefficient (Wildman–Crippen LogP) is 9.09. The molecule has 0 spiro atoms. The first-order chi connectivity index (χ1) is 18.0. The topological polar surface area (TPSA) is 50.7 Å². The number of nitrogens with one attached hydrogen (secondary N) is 1. The Morgan fingerprint density at radius 1 is 1.05 bits per heavy atom. The normalized spacial score (nSPS) is 16.1. The zero-order chi connectivity index (χ0) is 25.8. The summed E-state index contributed by atoms with van der Waals surface area (Å²) in [5, 5.41) is 5.16. The van der Waals surface area contributed by atoms with E-state index < -0.39 is 0 Å². The fraction of sp³-hybridized carbons (Fsp3) is 0.379. The highest BCUT2D eigenvalue weighted by Gasteiger charge is 2.27. The van der Waals surface area contributed by atoms with Crippen molar-refractivity contribution in [1.82, 2.24) is 5.32 Å². The molecule has 4 nitrogen and oxygen atoms in total. The van der Waals surface area contributed by atoms with Crippen LogP contribution in [-0.4, -0.2) is 18.2 Å². The lowest BCUT2D eigenvalue weighted by Crippen LogP contribution is -2.36. The van der Waals surface area contributed by atoms with Gasteiger partial charge < -0.3 is 10.1 Å². The van der Waals surface area contributed by atoms with Crippen molar-refractivity contribution in [2.45, 2.75) is 70.4 Å². The summed E-state index contributed by atoms with van der Waals surface area (Å²) in [6.07, 6.45) is 12.0. The minimum atomic E-state index is 0.0469. The van der Waals surface area contributed by atoms with E-state index in [-0.39, 0.29) is 11.9 Å². The molecule has 5 rings (SSSR count). The molecule has 0 radical (unpaired) electrons. The molecule has 0 aliphatic heterocycles. The highest BCUT2D eigenvalue weighted by molar-refractivity contribution is 9.10. The zero-order valence-corrected chi connectivity index (χ0v) is 24.4. The quantitative estimate of drug-likeness (QED) is 0.268. The number of hydrogen-bond donors (Lipinski definition) is 1. The van der Waals surface area contributed by atoms with Crippen LogP contribution in [0.25, 0.3) is 0 Å². The van der Waals surface area contributed by atoms with Gasteiger partial charge in [0.05, 0.1) is 20.1 Å². The van der Waals surface area contributed by atoms with Crippen LogP contribution in [0.15, 0.2) is 45.9 Å². The van der Waals surface area contributed by atoms with Crippen LogP contribution in [0.4, 0.5) is 5.00 Å². The lowest BCUT2D eigenvalue weighted by atomic mass is 9.93. The molecule has 8 heteroatoms. The Labute approximate surface area is 240 Å². The predicted molar refractivity (Wildman–Crippen MR) is 157 cm³/mol. The fourth-order valence-electron chi connectivity index (χ4n) is 5.02. The summed E-state index contributed by atoms with van der Waals surface area (Å²) in [5.74, 6) is 0.771. The summed E-state index contributed by atoms with van der Waals surface area (Å²) in [4.78, 5) is 19.5. The van der Waals surface area contributed by atoms with E-state index in [4.69, 9.17) is 32.9 Å². The highest BCUT2D eigenvalue weighted by Crippen LogP contribution is 2.40. The average Bonchev–Trinajstić information content (AvgIpc) is 3.28. The number of carbonyl (C=O) groups is 1. The first-order valence-corrected chi connectivity index (χ1v) is 15.2. The zero-order valence-electron chi connectivity index (χ0n) is 20.5. The minimum absolute atomic E-state index is 0.0469. The lowest BCUT2D eigenvalue weighted by molar-refractivity contribution is 0.0927. The largest absolute Gasteiger partial charge is 0.488 e. The van der Waals surface area contributed by atoms with E-state index in [2.05, 4.69) is 21.2 Å². The van der Waals surface area contributed by atoms with E-state index in [9.17, 15) is 4.79 Å². The number of aryl methyl sites for hydroxylation is 1. The van der Waals surface area contributed by atoms with E-state index in [0.29, 0.717) is 16.7 Å². The van der Waals surface area contributed by atoms with Gasteiger partial charge in [0.1, 0.15) is 17.4 Å². The van der Waals surface area contributed by atoms with Crippen LogP contribution in [0.2, 0.25) is 10.0 Å². The van der Waals surface area contributed by atoms with E-state index in [1.54, 1.807) is 23.5 Å². The second-order valence-corrected chi connectivity index (χ2v) is 12.4. The lowest BCUT2D eigenvalue weighted by Gasteiger charge is -2.23. The molecule has 0 unspecified atom stereocenters. The summed E-state index contributed by atoms with van der Waals surface area (Å²) in [6.45, 7) is 0.378. The molecule has 0 atom stereocenters. The van der Waals surface area contributed by atoms with Gasteiger partial charge in [-0.05, 0) is 101 Å². The molecule has 2 aliphatic rings. The third-order valence-electron chi connectivity index (χ3n) is 6.99. The number of hydrogen-bond acceptors (Lipinski definition) is 4. The van der Waals surface area contributed by atoms with E-state index in [0.717, 1.165) is 64.0 Å². The molecule has 1 heterocycles. The van der Waals surface area contributed by atoms with Crippen LogP contribution in [0.1, 0.15) is 76.9 Å². The molecule has 1 aromatic heterocycles. The molecular formula is C29H29BrCl2N2O2S. The van der Waals surface area contributed by atoms with Gasteiger partial charge in [0.15, 0.2) is 0 Å². The molecule has 37 heavy (non-hydrogen) atoms. The number of fused-ring (bicyclic) bond motifs is 1. The first kappa shape index (κ1) is 26.7. The van der Waals surface area contributed by atoms with Crippen molar-refractivity contribution in [2.75, 3.05) is 0 Å². The van der Waals surface area contributed by atoms with Crippen molar-refractivity contribution in [3.05, 3.63) is 78.0 Å². The maximum absolute atomic E-state index is 13.4. The first-order valence-electron chi connectivity index (χ1n) is 12.8. The average molecular weight is 620 g/mol. The fourth-order valence-corrected chi connectivity index (χ4v) is 7.08. The van der Waals surface area contributed by atoms with Gasteiger partial charge in [-0.3, -0.25) is 4.79 Å². The van der Waals surface area contributed by atoms with Gasteiger partial charge in [0, 0.05) is 17.1 Å². The summed E-state index contributed by atoms with van der Waals surface area (Å²) >= 11 is 17.4. The van der Waals surface area contributed by atoms with Crippen molar-refractivity contribution < 1.29 is 9.53 Å². The van der Waals surface area contributed by atoms with E-state index in [1.807, 2.05) is 30.5 Å². The number of ether oxygens (including phenoxy) is 1. The van der Waals surface area contributed by atoms with Crippen LogP contribution in [0, 0.1) is 0 Å². The summed E-state index contributed by atoms with van der Waals surface area (Å²) in [5.41, 5.74) is 3.87. The molecule has 1 fully saturated rings. The number of rotatable bonds is 7. The number of nitrogens with zero attached hydrogens (tertiary/aromatic N) is 1. The molecule has 194 valence electrons. The van der Waals surface area contributed by atoms with Gasteiger partial charge in [-0.1, -0.05) is 48.5 Å². The Hall–Kier alpha value is -1.86. The number of thiophene rings is 1. The van der Waals surface area contributed by atoms with Crippen molar-refractivity contribution in [2.24, 2.45) is 4.99 Å². The molecule has 2 aromatic carbocycles. The van der Waals surface area contributed by atoms with Gasteiger partial charge in [-0.2, -0.15) is 0 Å². The van der Waals surface area contributed by atoms with Crippen molar-refractivity contribution >= 4 is 67.6 Å². The number of amides is 1. The third-order valence-corrected chi connectivity index (χ3v) is 9.54. The SMILES string of the molecule is O=C(NC1CCCCC1)c1c(N=Cc2ccc(OCc3ccc(Cl)c(Cl)c3)c(Br)c2)sc2c1CCCC2. The molecule has 3 aromatic rings. The molecule has 0 bridgehead atoms. The number of carbonyl (C=O) groups excluding carboxylic acids is 1. The van der Waals surface area contributed by atoms with Crippen LogP contribution >= 0.6 is 50.5 Å². The third kappa shape index (κ3) is 6.59. The standard InChI is InChI=1S/C29H29BrCl2N2O2S/c30-22-14-18(11-13-25(22)36-17-19-10-12-23(31)24(32)15-19)16-33-29-27(21-8-4-5-9-26(21)37-29)28(35)34-20-6-2-1-3-7-20/h10-16,20H,1-9,17H2,(H,34,35). The van der Waals surface area contributed by atoms with Gasteiger partial charge in [0.25, 0.3) is 5.91 Å². The van der Waals surface area contributed by atoms with E-state index in [1.165, 1.54) is 36.1 Å². The van der Waals surface area contributed by atoms with Gasteiger partial charge in [-0.25, -0.2) is 4.99 Å². The van der Waals surface area contributed by atoms with Gasteiger partial charge >= 0.3 is 0 Å². The van der Waals surface area contributed by atoms with Crippen LogP contribution in [0.3, 0.4) is 0 Å². The number of aliphatic imine (C=N–C) groups is 1. The molecule has 1 N–H and O–H groups in total. The monoisotopic (exact) mass is 618 g/mol. The Balaban J connectivity index is 1.31. The summed E-state index contributed by atoms with van der Waals surface area (Å²) in [7, 11) is 0. The summed E-state index contributed by atoms with van der Waals surface area (Å²) < 4.78 is 6.80. The molecule has 2 aliphatic carbocycles. The molecular weight excluding hydrogens is 591 g/mol. The molecule has 1 saturated carbocycles. The summed E-state index contributed by atoms with van der Waals surface area (Å²) in [6, 6.07) is 11.6. The maximum Gasteiger partial charge on any atom is 0.254 e.